The number of hydrogen-bond acceptors (Lipinski definition) is 8. The van der Waals surface area contributed by atoms with Gasteiger partial charge in [-0.2, -0.15) is 0 Å². The smallest absolute Gasteiger partial charge is 0.271 e. The Labute approximate surface area is 205 Å². The number of carbonyl (C=O) groups is 1. The van der Waals surface area contributed by atoms with Crippen LogP contribution in [0.1, 0.15) is 37.4 Å². The Kier molecular flexibility index (Phi) is 8.98. The van der Waals surface area contributed by atoms with Gasteiger partial charge in [-0.3, -0.25) is 9.78 Å². The van der Waals surface area contributed by atoms with Gasteiger partial charge in [0.1, 0.15) is 17.3 Å². The molecule has 0 saturated heterocycles. The summed E-state index contributed by atoms with van der Waals surface area (Å²) >= 11 is 6.02. The molecule has 0 saturated carbocycles. The number of ether oxygens (including phenoxy) is 1. The van der Waals surface area contributed by atoms with Gasteiger partial charge in [0, 0.05) is 26.8 Å². The highest BCUT2D eigenvalue weighted by Crippen LogP contribution is 2.28. The lowest BCUT2D eigenvalue weighted by molar-refractivity contribution is -0.119. The molecule has 10 heteroatoms. The van der Waals surface area contributed by atoms with Gasteiger partial charge >= 0.3 is 0 Å². The molecule has 9 nitrogen and oxygen atoms in total. The van der Waals surface area contributed by atoms with E-state index in [2.05, 4.69) is 35.5 Å². The Bertz CT molecular complexity index is 998. The molecule has 1 unspecified atom stereocenters. The quantitative estimate of drug-likeness (QED) is 0.327. The molecule has 184 valence electrons. The number of halogens is 1. The number of rotatable bonds is 11. The molecule has 4 N–H and O–H groups in total. The number of amides is 1. The number of pyridine rings is 1. The van der Waals surface area contributed by atoms with Crippen LogP contribution in [0.4, 0.5) is 0 Å². The molecule has 1 aliphatic rings. The fourth-order valence-corrected chi connectivity index (χ4v) is 3.78. The summed E-state index contributed by atoms with van der Waals surface area (Å²) in [5.74, 6) is 6.65. The molecular formula is C24H33ClN6O3. The van der Waals surface area contributed by atoms with Crippen LogP contribution in [0.25, 0.3) is 0 Å². The van der Waals surface area contributed by atoms with E-state index in [9.17, 15) is 4.79 Å². The average molecular weight is 489 g/mol. The molecule has 0 fully saturated rings. The van der Waals surface area contributed by atoms with E-state index in [1.165, 1.54) is 5.56 Å². The van der Waals surface area contributed by atoms with Crippen molar-refractivity contribution < 1.29 is 14.4 Å². The molecule has 1 atom stereocenters. The number of hydrogen-bond donors (Lipinski definition) is 3. The third-order valence-electron chi connectivity index (χ3n) is 5.53. The summed E-state index contributed by atoms with van der Waals surface area (Å²) in [6, 6.07) is 11.6. The summed E-state index contributed by atoms with van der Waals surface area (Å²) in [5.41, 5.74) is 2.37. The lowest BCUT2D eigenvalue weighted by Crippen LogP contribution is -2.44. The van der Waals surface area contributed by atoms with E-state index < -0.39 is 6.35 Å². The summed E-state index contributed by atoms with van der Waals surface area (Å²) in [6.07, 6.45) is 1.65. The van der Waals surface area contributed by atoms with Crippen LogP contribution < -0.4 is 21.3 Å². The van der Waals surface area contributed by atoms with Gasteiger partial charge in [0.2, 0.25) is 0 Å². The minimum atomic E-state index is -0.629. The number of carbonyl (C=O) groups excluding carboxylic acids is 1. The summed E-state index contributed by atoms with van der Waals surface area (Å²) in [5, 5.41) is 6.68. The van der Waals surface area contributed by atoms with Crippen LogP contribution in [-0.2, 0) is 16.2 Å². The van der Waals surface area contributed by atoms with Gasteiger partial charge in [0.15, 0.2) is 0 Å². The van der Waals surface area contributed by atoms with E-state index in [0.29, 0.717) is 54.3 Å². The second-order valence-electron chi connectivity index (χ2n) is 8.36. The van der Waals surface area contributed by atoms with E-state index in [1.807, 2.05) is 41.1 Å². The Morgan fingerprint density at radius 1 is 1.35 bits per heavy atom. The summed E-state index contributed by atoms with van der Waals surface area (Å²) in [6.45, 7) is 5.64. The van der Waals surface area contributed by atoms with Crippen molar-refractivity contribution in [1.82, 2.24) is 25.4 Å². The average Bonchev–Trinajstić information content (AvgIpc) is 3.18. The number of nitrogens with zero attached hydrogens (tertiary/aromatic N) is 3. The van der Waals surface area contributed by atoms with Crippen LogP contribution in [0.2, 0.25) is 5.02 Å². The van der Waals surface area contributed by atoms with Gasteiger partial charge in [-0.05, 0) is 42.2 Å². The van der Waals surface area contributed by atoms with Crippen molar-refractivity contribution in [3.63, 3.8) is 0 Å². The highest BCUT2D eigenvalue weighted by molar-refractivity contribution is 6.30. The Hall–Kier alpha value is -3.01. The molecule has 34 heavy (non-hydrogen) atoms. The van der Waals surface area contributed by atoms with Crippen LogP contribution >= 0.6 is 11.6 Å². The largest absolute Gasteiger partial charge is 0.452 e. The molecule has 0 aliphatic carbocycles. The van der Waals surface area contributed by atoms with Crippen LogP contribution in [0.15, 0.2) is 54.1 Å². The first-order valence-corrected chi connectivity index (χ1v) is 11.6. The standard InChI is InChI=1S/C24H33ClN6O3/c1-16(2)17-7-5-8-20(13-17)34-24-29-22(30(4)11-6-12-33-26)21(23(32)27-3)31(24)15-19-10-9-18(25)14-28-19/h5,7-10,13-14,16,24,29H,6,11-12,15,26H2,1-4H3,(H,27,32). The number of nitrogens with one attached hydrogen (secondary N) is 2. The predicted molar refractivity (Wildman–Crippen MR) is 131 cm³/mol. The maximum atomic E-state index is 13.0. The van der Waals surface area contributed by atoms with Crippen molar-refractivity contribution in [2.24, 2.45) is 5.90 Å². The molecule has 1 aromatic heterocycles. The van der Waals surface area contributed by atoms with E-state index in [0.717, 1.165) is 5.69 Å². The summed E-state index contributed by atoms with van der Waals surface area (Å²) < 4.78 is 6.37. The van der Waals surface area contributed by atoms with Crippen molar-refractivity contribution >= 4 is 17.5 Å². The maximum absolute atomic E-state index is 13.0. The van der Waals surface area contributed by atoms with Gasteiger partial charge < -0.3 is 30.0 Å². The topological polar surface area (TPSA) is 105 Å². The molecule has 1 aliphatic heterocycles. The third kappa shape index (κ3) is 6.31. The minimum absolute atomic E-state index is 0.236. The van der Waals surface area contributed by atoms with Crippen molar-refractivity contribution in [3.05, 3.63) is 70.4 Å². The second kappa shape index (κ2) is 11.9. The first-order chi connectivity index (χ1) is 16.3. The SMILES string of the molecule is CNC(=O)C1=C(N(C)CCCON)NC(Oc2cccc(C(C)C)c2)N1Cc1ccc(Cl)cn1. The van der Waals surface area contributed by atoms with Crippen LogP contribution in [0.3, 0.4) is 0 Å². The van der Waals surface area contributed by atoms with E-state index in [-0.39, 0.29) is 5.91 Å². The highest BCUT2D eigenvalue weighted by atomic mass is 35.5. The summed E-state index contributed by atoms with van der Waals surface area (Å²) in [4.78, 5) is 26.0. The normalized spacial score (nSPS) is 15.5. The Morgan fingerprint density at radius 3 is 2.79 bits per heavy atom. The third-order valence-corrected chi connectivity index (χ3v) is 5.75. The van der Waals surface area contributed by atoms with Gasteiger partial charge in [0.05, 0.1) is 23.9 Å². The molecule has 0 radical (unpaired) electrons. The lowest BCUT2D eigenvalue weighted by Gasteiger charge is -2.28. The molecule has 1 amide bonds. The van der Waals surface area contributed by atoms with Crippen molar-refractivity contribution in [3.8, 4) is 5.75 Å². The van der Waals surface area contributed by atoms with Gasteiger partial charge in [0.25, 0.3) is 12.3 Å². The van der Waals surface area contributed by atoms with E-state index in [4.69, 9.17) is 27.1 Å². The first kappa shape index (κ1) is 25.6. The zero-order valence-corrected chi connectivity index (χ0v) is 20.8. The summed E-state index contributed by atoms with van der Waals surface area (Å²) in [7, 11) is 3.51. The fourth-order valence-electron chi connectivity index (χ4n) is 3.67. The number of likely N-dealkylation sites (N-methyl/N-ethyl adjacent to an activating group) is 1. The highest BCUT2D eigenvalue weighted by Gasteiger charge is 2.38. The lowest BCUT2D eigenvalue weighted by atomic mass is 10.0. The van der Waals surface area contributed by atoms with E-state index in [1.54, 1.807) is 19.3 Å². The predicted octanol–water partition coefficient (Wildman–Crippen LogP) is 2.75. The molecule has 0 bridgehead atoms. The van der Waals surface area contributed by atoms with E-state index >= 15 is 0 Å². The van der Waals surface area contributed by atoms with Gasteiger partial charge in [-0.15, -0.1) is 0 Å². The Balaban J connectivity index is 1.95. The molecule has 2 aromatic rings. The minimum Gasteiger partial charge on any atom is -0.452 e. The Morgan fingerprint density at radius 2 is 2.15 bits per heavy atom. The molecule has 2 heterocycles. The fraction of sp³-hybridized carbons (Fsp3) is 0.417. The van der Waals surface area contributed by atoms with Crippen LogP contribution in [0, 0.1) is 0 Å². The van der Waals surface area contributed by atoms with Crippen molar-refractivity contribution in [2.45, 2.75) is 39.1 Å². The molecule has 0 spiro atoms. The number of benzene rings is 1. The van der Waals surface area contributed by atoms with Crippen LogP contribution in [-0.4, -0.2) is 54.3 Å². The molecular weight excluding hydrogens is 456 g/mol. The van der Waals surface area contributed by atoms with Crippen molar-refractivity contribution in [1.29, 1.82) is 0 Å². The maximum Gasteiger partial charge on any atom is 0.271 e. The number of nitrogens with two attached hydrogens (primary N) is 1. The van der Waals surface area contributed by atoms with Gasteiger partial charge in [-0.1, -0.05) is 37.6 Å². The molecule has 1 aromatic carbocycles. The van der Waals surface area contributed by atoms with Crippen molar-refractivity contribution in [2.75, 3.05) is 27.2 Å². The number of aromatic nitrogens is 1. The zero-order valence-electron chi connectivity index (χ0n) is 20.0. The molecule has 3 rings (SSSR count). The monoisotopic (exact) mass is 488 g/mol. The van der Waals surface area contributed by atoms with Crippen LogP contribution in [0.5, 0.6) is 5.75 Å². The second-order valence-corrected chi connectivity index (χ2v) is 8.80. The first-order valence-electron chi connectivity index (χ1n) is 11.2. The zero-order chi connectivity index (χ0) is 24.7. The van der Waals surface area contributed by atoms with Gasteiger partial charge in [-0.25, -0.2) is 5.90 Å².